The lowest BCUT2D eigenvalue weighted by Crippen LogP contribution is -2.59. The minimum atomic E-state index is -2.31. The van der Waals surface area contributed by atoms with Gasteiger partial charge in [-0.3, -0.25) is 14.3 Å². The van der Waals surface area contributed by atoms with Gasteiger partial charge in [-0.1, -0.05) is 54.6 Å². The average Bonchev–Trinajstić information content (AvgIpc) is 3.27. The maximum absolute atomic E-state index is 13.7. The number of aryl methyl sites for hydroxylation is 1. The first-order valence-electron chi connectivity index (χ1n) is 13.3. The van der Waals surface area contributed by atoms with Crippen molar-refractivity contribution in [2.24, 2.45) is 0 Å². The first-order valence-corrected chi connectivity index (χ1v) is 12.8. The number of benzene rings is 3. The zero-order valence-corrected chi connectivity index (χ0v) is 22.5. The van der Waals surface area contributed by atoms with Gasteiger partial charge in [0, 0.05) is 18.2 Å². The van der Waals surface area contributed by atoms with E-state index in [9.17, 15) is 19.8 Å². The Balaban J connectivity index is 2.02. The van der Waals surface area contributed by atoms with Gasteiger partial charge < -0.3 is 24.4 Å². The summed E-state index contributed by atoms with van der Waals surface area (Å²) in [6.07, 6.45) is -2.76. The van der Waals surface area contributed by atoms with E-state index in [1.807, 2.05) is 54.6 Å². The number of ether oxygens (including phenoxy) is 3. The van der Waals surface area contributed by atoms with Crippen LogP contribution in [0.2, 0.25) is 0 Å². The van der Waals surface area contributed by atoms with Crippen molar-refractivity contribution in [2.45, 2.75) is 36.7 Å². The van der Waals surface area contributed by atoms with E-state index in [1.165, 1.54) is 10.8 Å². The lowest BCUT2D eigenvalue weighted by atomic mass is 9.61. The van der Waals surface area contributed by atoms with Crippen molar-refractivity contribution in [3.05, 3.63) is 128 Å². The molecule has 9 heteroatoms. The van der Waals surface area contributed by atoms with Crippen LogP contribution < -0.4 is 20.7 Å². The smallest absolute Gasteiger partial charge is 0.330 e. The van der Waals surface area contributed by atoms with Crippen LogP contribution >= 0.6 is 0 Å². The first kappa shape index (κ1) is 26.1. The Bertz CT molecular complexity index is 1590. The molecule has 5 rings (SSSR count). The van der Waals surface area contributed by atoms with Crippen molar-refractivity contribution in [1.82, 2.24) is 9.55 Å². The zero-order valence-electron chi connectivity index (χ0n) is 23.5. The normalized spacial score (nSPS) is 23.0. The van der Waals surface area contributed by atoms with Crippen LogP contribution in [0.5, 0.6) is 11.5 Å². The standard InChI is InChI=1S/C31H32N2O7/c1-20-18-33(29(37)32-28(20)36)30(17-26(35)27(19-34)40-30)31(21-7-5-4-6-8-21,22-9-13-24(38-2)14-10-22)23-11-15-25(39-3)16-12-23/h4-16,18,26-27,34-35H,17,19H2,1-3H3,(H,32,36,37)/t26-,27+,30-/m0/s1/i26D. The second kappa shape index (κ2) is 10.8. The summed E-state index contributed by atoms with van der Waals surface area (Å²) < 4.78 is 27.6. The number of hydrogen-bond donors (Lipinski definition) is 3. The Morgan fingerprint density at radius 3 is 1.98 bits per heavy atom. The molecule has 0 amide bonds. The maximum Gasteiger partial charge on any atom is 0.330 e. The van der Waals surface area contributed by atoms with Gasteiger partial charge in [-0.2, -0.15) is 0 Å². The number of aromatic nitrogens is 2. The van der Waals surface area contributed by atoms with Gasteiger partial charge in [0.25, 0.3) is 5.56 Å². The highest BCUT2D eigenvalue weighted by Crippen LogP contribution is 2.56. The third kappa shape index (κ3) is 4.23. The highest BCUT2D eigenvalue weighted by atomic mass is 16.6. The molecule has 3 atom stereocenters. The lowest BCUT2D eigenvalue weighted by Gasteiger charge is -2.50. The van der Waals surface area contributed by atoms with Gasteiger partial charge in [0.05, 0.1) is 33.7 Å². The molecular formula is C31H32N2O7. The van der Waals surface area contributed by atoms with Gasteiger partial charge in [-0.15, -0.1) is 0 Å². The van der Waals surface area contributed by atoms with E-state index in [2.05, 4.69) is 4.98 Å². The summed E-state index contributed by atoms with van der Waals surface area (Å²) in [5.41, 5.74) is -2.50. The summed E-state index contributed by atoms with van der Waals surface area (Å²) in [5.74, 6) is 1.18. The molecule has 4 aromatic rings. The van der Waals surface area contributed by atoms with Crippen LogP contribution in [0.25, 0.3) is 0 Å². The lowest BCUT2D eigenvalue weighted by molar-refractivity contribution is -0.147. The van der Waals surface area contributed by atoms with Crippen LogP contribution in [0.4, 0.5) is 0 Å². The molecule has 9 nitrogen and oxygen atoms in total. The first-order chi connectivity index (χ1) is 19.6. The highest BCUT2D eigenvalue weighted by molar-refractivity contribution is 5.55. The van der Waals surface area contributed by atoms with Gasteiger partial charge >= 0.3 is 5.69 Å². The molecule has 1 fully saturated rings. The van der Waals surface area contributed by atoms with Gasteiger partial charge in [-0.25, -0.2) is 4.79 Å². The van der Waals surface area contributed by atoms with Crippen molar-refractivity contribution in [1.29, 1.82) is 0 Å². The van der Waals surface area contributed by atoms with E-state index in [0.717, 1.165) is 0 Å². The number of hydrogen-bond acceptors (Lipinski definition) is 7. The Labute approximate surface area is 232 Å². The van der Waals surface area contributed by atoms with E-state index < -0.39 is 47.6 Å². The molecule has 1 saturated heterocycles. The molecule has 0 bridgehead atoms. The fourth-order valence-electron chi connectivity index (χ4n) is 5.77. The predicted octanol–water partition coefficient (Wildman–Crippen LogP) is 2.69. The van der Waals surface area contributed by atoms with E-state index in [0.29, 0.717) is 28.2 Å². The second-order valence-corrected chi connectivity index (χ2v) is 9.76. The number of H-pyrrole nitrogens is 1. The van der Waals surface area contributed by atoms with Crippen molar-refractivity contribution < 1.29 is 25.8 Å². The molecule has 0 aliphatic carbocycles. The van der Waals surface area contributed by atoms with Crippen LogP contribution in [0.3, 0.4) is 0 Å². The highest BCUT2D eigenvalue weighted by Gasteiger charge is 2.63. The Kier molecular flexibility index (Phi) is 7.02. The number of nitrogens with one attached hydrogen (secondary N) is 1. The molecule has 3 N–H and O–H groups in total. The molecule has 1 aromatic heterocycles. The van der Waals surface area contributed by atoms with Crippen LogP contribution in [0.1, 0.15) is 30.0 Å². The molecular weight excluding hydrogens is 512 g/mol. The molecule has 0 radical (unpaired) electrons. The SMILES string of the molecule is [2H][C@]1(O)C[C@@](n2cc(C)c(=O)[nH]c2=O)(C(c2ccccc2)(c2ccc(OC)cc2)c2ccc(OC)cc2)O[C@@H]1CO. The monoisotopic (exact) mass is 545 g/mol. The summed E-state index contributed by atoms with van der Waals surface area (Å²) in [6.45, 7) is 0.869. The Morgan fingerprint density at radius 2 is 1.50 bits per heavy atom. The molecule has 0 spiro atoms. The summed E-state index contributed by atoms with van der Waals surface area (Å²) in [7, 11) is 3.11. The van der Waals surface area contributed by atoms with Crippen LogP contribution in [-0.2, 0) is 15.9 Å². The van der Waals surface area contributed by atoms with Crippen molar-refractivity contribution in [2.75, 3.05) is 20.8 Å². The Morgan fingerprint density at radius 1 is 0.975 bits per heavy atom. The fraction of sp³-hybridized carbons (Fsp3) is 0.290. The third-order valence-corrected chi connectivity index (χ3v) is 7.64. The van der Waals surface area contributed by atoms with E-state index in [4.69, 9.17) is 15.6 Å². The van der Waals surface area contributed by atoms with Crippen LogP contribution in [0, 0.1) is 6.92 Å². The van der Waals surface area contributed by atoms with Gasteiger partial charge in [0.15, 0.2) is 5.72 Å². The molecule has 0 unspecified atom stereocenters. The molecule has 208 valence electrons. The van der Waals surface area contributed by atoms with Crippen molar-refractivity contribution >= 4 is 0 Å². The molecule has 40 heavy (non-hydrogen) atoms. The van der Waals surface area contributed by atoms with E-state index >= 15 is 0 Å². The number of methoxy groups -OCH3 is 2. The van der Waals surface area contributed by atoms with E-state index in [-0.39, 0.29) is 5.56 Å². The zero-order chi connectivity index (χ0) is 29.4. The van der Waals surface area contributed by atoms with Gasteiger partial charge in [0.1, 0.15) is 17.6 Å². The topological polar surface area (TPSA) is 123 Å². The number of aliphatic hydroxyl groups excluding tert-OH is 1. The van der Waals surface area contributed by atoms with Crippen molar-refractivity contribution in [3.63, 3.8) is 0 Å². The summed E-state index contributed by atoms with van der Waals surface area (Å²) in [6, 6.07) is 23.7. The largest absolute Gasteiger partial charge is 0.497 e. The second-order valence-electron chi connectivity index (χ2n) is 9.76. The summed E-state index contributed by atoms with van der Waals surface area (Å²) >= 11 is 0. The summed E-state index contributed by atoms with van der Waals surface area (Å²) in [5, 5.41) is 21.7. The quantitative estimate of drug-likeness (QED) is 0.291. The maximum atomic E-state index is 13.7. The van der Waals surface area contributed by atoms with E-state index in [1.54, 1.807) is 45.4 Å². The fourth-order valence-corrected chi connectivity index (χ4v) is 5.77. The van der Waals surface area contributed by atoms with Crippen molar-refractivity contribution in [3.8, 4) is 11.5 Å². The van der Waals surface area contributed by atoms with Gasteiger partial charge in [0.2, 0.25) is 0 Å². The Hall–Kier alpha value is -4.18. The minimum Gasteiger partial charge on any atom is -0.497 e. The molecule has 0 saturated carbocycles. The van der Waals surface area contributed by atoms with Crippen LogP contribution in [-0.4, -0.2) is 52.8 Å². The molecule has 2 heterocycles. The number of aromatic amines is 1. The molecule has 3 aromatic carbocycles. The molecule has 1 aliphatic rings. The average molecular weight is 546 g/mol. The number of nitrogens with zero attached hydrogens (tertiary/aromatic N) is 1. The van der Waals surface area contributed by atoms with Crippen LogP contribution in [0.15, 0.2) is 94.6 Å². The third-order valence-electron chi connectivity index (χ3n) is 7.64. The number of rotatable bonds is 8. The number of aliphatic hydroxyl groups is 2. The molecule has 1 aliphatic heterocycles. The minimum absolute atomic E-state index is 0.222. The predicted molar refractivity (Wildman–Crippen MR) is 149 cm³/mol. The van der Waals surface area contributed by atoms with Gasteiger partial charge in [-0.05, 0) is 47.9 Å². The summed E-state index contributed by atoms with van der Waals surface area (Å²) in [4.78, 5) is 28.6.